The van der Waals surface area contributed by atoms with Gasteiger partial charge < -0.3 is 5.32 Å². The molecule has 0 spiro atoms. The Labute approximate surface area is 184 Å². The minimum Gasteiger partial charge on any atom is -0.325 e. The van der Waals surface area contributed by atoms with E-state index in [1.807, 2.05) is 25.1 Å². The number of thiazole rings is 1. The van der Waals surface area contributed by atoms with Crippen LogP contribution in [0.15, 0.2) is 53.6 Å². The third-order valence-corrected chi connectivity index (χ3v) is 6.61. The van der Waals surface area contributed by atoms with E-state index in [-0.39, 0.29) is 11.7 Å². The molecule has 2 heterocycles. The van der Waals surface area contributed by atoms with Crippen LogP contribution in [-0.2, 0) is 11.2 Å². The van der Waals surface area contributed by atoms with Gasteiger partial charge in [-0.3, -0.25) is 4.79 Å². The van der Waals surface area contributed by atoms with Gasteiger partial charge in [0.25, 0.3) is 0 Å². The Morgan fingerprint density at radius 1 is 1.10 bits per heavy atom. The predicted molar refractivity (Wildman–Crippen MR) is 125 cm³/mol. The molecule has 0 aliphatic rings. The molecule has 2 aromatic carbocycles. The normalized spacial score (nSPS) is 11.0. The number of amides is 1. The molecule has 0 bridgehead atoms. The Morgan fingerprint density at radius 3 is 2.67 bits per heavy atom. The van der Waals surface area contributed by atoms with Gasteiger partial charge in [-0.15, -0.1) is 21.5 Å². The van der Waals surface area contributed by atoms with Gasteiger partial charge in [0.15, 0.2) is 0 Å². The molecule has 0 saturated carbocycles. The lowest BCUT2D eigenvalue weighted by atomic mass is 10.1. The number of nitrogens with zero attached hydrogens (tertiary/aromatic N) is 3. The van der Waals surface area contributed by atoms with Crippen LogP contribution in [0.4, 0.5) is 5.69 Å². The average molecular weight is 435 g/mol. The van der Waals surface area contributed by atoms with Gasteiger partial charge >= 0.3 is 0 Å². The highest BCUT2D eigenvalue weighted by atomic mass is 32.2. The molecule has 152 valence electrons. The maximum Gasteiger partial charge on any atom is 0.234 e. The fourth-order valence-corrected chi connectivity index (χ4v) is 4.83. The number of hydrogen-bond donors (Lipinski definition) is 1. The Bertz CT molecular complexity index is 1200. The van der Waals surface area contributed by atoms with E-state index in [1.165, 1.54) is 22.9 Å². The minimum atomic E-state index is -0.0715. The van der Waals surface area contributed by atoms with Crippen molar-refractivity contribution in [1.29, 1.82) is 0 Å². The minimum absolute atomic E-state index is 0.0715. The number of aromatic nitrogens is 3. The highest BCUT2D eigenvalue weighted by Crippen LogP contribution is 2.35. The van der Waals surface area contributed by atoms with E-state index in [2.05, 4.69) is 64.7 Å². The van der Waals surface area contributed by atoms with Crippen LogP contribution in [0.25, 0.3) is 21.5 Å². The zero-order valence-electron chi connectivity index (χ0n) is 17.1. The molecule has 4 aromatic rings. The van der Waals surface area contributed by atoms with Crippen LogP contribution in [0.1, 0.15) is 23.1 Å². The van der Waals surface area contributed by atoms with Gasteiger partial charge in [0, 0.05) is 11.3 Å². The number of benzene rings is 2. The van der Waals surface area contributed by atoms with Crippen molar-refractivity contribution in [3.63, 3.8) is 0 Å². The Morgan fingerprint density at radius 2 is 1.90 bits per heavy atom. The summed E-state index contributed by atoms with van der Waals surface area (Å²) >= 11 is 2.97. The smallest absolute Gasteiger partial charge is 0.234 e. The molecule has 5 nitrogen and oxygen atoms in total. The third kappa shape index (κ3) is 4.52. The first-order valence-corrected chi connectivity index (χ1v) is 11.6. The quantitative estimate of drug-likeness (QED) is 0.396. The van der Waals surface area contributed by atoms with E-state index in [9.17, 15) is 4.79 Å². The standard InChI is InChI=1S/C23H22N4OS2/c1-4-16-6-5-7-18(12-16)25-19(28)13-29-23-21-22(30-15(3)24-21)20(26-27-23)17-10-8-14(2)9-11-17/h5-12H,4,13H2,1-3H3,(H,25,28). The molecule has 30 heavy (non-hydrogen) atoms. The van der Waals surface area contributed by atoms with Crippen LogP contribution in [0.2, 0.25) is 0 Å². The predicted octanol–water partition coefficient (Wildman–Crippen LogP) is 5.66. The SMILES string of the molecule is CCc1cccc(NC(=O)CSc2nnc(-c3ccc(C)cc3)c3sc(C)nc23)c1. The molecule has 0 saturated heterocycles. The summed E-state index contributed by atoms with van der Waals surface area (Å²) in [4.78, 5) is 17.1. The first-order valence-electron chi connectivity index (χ1n) is 9.76. The molecule has 1 N–H and O–H groups in total. The van der Waals surface area contributed by atoms with Gasteiger partial charge in [-0.05, 0) is 38.0 Å². The molecule has 7 heteroatoms. The van der Waals surface area contributed by atoms with Gasteiger partial charge in [-0.1, -0.05) is 60.6 Å². The molecule has 4 rings (SSSR count). The average Bonchev–Trinajstić information content (AvgIpc) is 3.14. The monoisotopic (exact) mass is 434 g/mol. The fourth-order valence-electron chi connectivity index (χ4n) is 3.12. The van der Waals surface area contributed by atoms with Gasteiger partial charge in [0.05, 0.1) is 15.5 Å². The lowest BCUT2D eigenvalue weighted by Crippen LogP contribution is -2.14. The van der Waals surface area contributed by atoms with Crippen LogP contribution >= 0.6 is 23.1 Å². The fraction of sp³-hybridized carbons (Fsp3) is 0.217. The second kappa shape index (κ2) is 8.93. The number of aryl methyl sites for hydroxylation is 3. The van der Waals surface area contributed by atoms with E-state index in [1.54, 1.807) is 11.3 Å². The summed E-state index contributed by atoms with van der Waals surface area (Å²) in [5.41, 5.74) is 5.88. The maximum absolute atomic E-state index is 12.4. The van der Waals surface area contributed by atoms with Crippen LogP contribution in [-0.4, -0.2) is 26.8 Å². The maximum atomic E-state index is 12.4. The molecule has 0 unspecified atom stereocenters. The van der Waals surface area contributed by atoms with Gasteiger partial charge in [-0.2, -0.15) is 0 Å². The van der Waals surface area contributed by atoms with Crippen molar-refractivity contribution in [1.82, 2.24) is 15.2 Å². The Balaban J connectivity index is 1.54. The number of fused-ring (bicyclic) bond motifs is 1. The van der Waals surface area contributed by atoms with E-state index >= 15 is 0 Å². The number of carbonyl (C=O) groups is 1. The zero-order chi connectivity index (χ0) is 21.1. The molecular weight excluding hydrogens is 412 g/mol. The first-order chi connectivity index (χ1) is 14.5. The van der Waals surface area contributed by atoms with Crippen molar-refractivity contribution in [3.8, 4) is 11.3 Å². The molecule has 0 fully saturated rings. The lowest BCUT2D eigenvalue weighted by molar-refractivity contribution is -0.113. The van der Waals surface area contributed by atoms with Crippen LogP contribution in [0.5, 0.6) is 0 Å². The van der Waals surface area contributed by atoms with Crippen LogP contribution in [0, 0.1) is 13.8 Å². The number of thioether (sulfide) groups is 1. The molecule has 0 radical (unpaired) electrons. The summed E-state index contributed by atoms with van der Waals surface area (Å²) in [7, 11) is 0. The zero-order valence-corrected chi connectivity index (χ0v) is 18.7. The number of rotatable bonds is 6. The van der Waals surface area contributed by atoms with Gasteiger partial charge in [0.1, 0.15) is 16.2 Å². The molecule has 2 aromatic heterocycles. The van der Waals surface area contributed by atoms with Crippen molar-refractivity contribution in [2.45, 2.75) is 32.2 Å². The highest BCUT2D eigenvalue weighted by molar-refractivity contribution is 8.00. The second-order valence-corrected chi connectivity index (χ2v) is 9.19. The Hall–Kier alpha value is -2.77. The summed E-state index contributed by atoms with van der Waals surface area (Å²) in [6.45, 7) is 6.13. The number of anilines is 1. The molecule has 0 aliphatic heterocycles. The van der Waals surface area contributed by atoms with Crippen LogP contribution in [0.3, 0.4) is 0 Å². The largest absolute Gasteiger partial charge is 0.325 e. The molecule has 0 atom stereocenters. The molecule has 1 amide bonds. The van der Waals surface area contributed by atoms with Crippen molar-refractivity contribution in [2.24, 2.45) is 0 Å². The summed E-state index contributed by atoms with van der Waals surface area (Å²) in [6.07, 6.45) is 0.933. The van der Waals surface area contributed by atoms with Crippen molar-refractivity contribution in [3.05, 3.63) is 64.7 Å². The molecule has 0 aliphatic carbocycles. The lowest BCUT2D eigenvalue weighted by Gasteiger charge is -2.07. The summed E-state index contributed by atoms with van der Waals surface area (Å²) in [6, 6.07) is 16.2. The van der Waals surface area contributed by atoms with E-state index in [4.69, 9.17) is 0 Å². The highest BCUT2D eigenvalue weighted by Gasteiger charge is 2.17. The van der Waals surface area contributed by atoms with Gasteiger partial charge in [-0.25, -0.2) is 4.98 Å². The summed E-state index contributed by atoms with van der Waals surface area (Å²) < 4.78 is 1.00. The first kappa shape index (κ1) is 20.5. The second-order valence-electron chi connectivity index (χ2n) is 7.02. The number of carbonyl (C=O) groups excluding carboxylic acids is 1. The summed E-state index contributed by atoms with van der Waals surface area (Å²) in [5, 5.41) is 13.5. The third-order valence-electron chi connectivity index (χ3n) is 4.68. The van der Waals surface area contributed by atoms with E-state index in [0.29, 0.717) is 5.03 Å². The molecular formula is C23H22N4OS2. The van der Waals surface area contributed by atoms with Crippen molar-refractivity contribution in [2.75, 3.05) is 11.1 Å². The number of hydrogen-bond acceptors (Lipinski definition) is 6. The number of nitrogens with one attached hydrogen (secondary N) is 1. The van der Waals surface area contributed by atoms with E-state index < -0.39 is 0 Å². The van der Waals surface area contributed by atoms with Gasteiger partial charge in [0.2, 0.25) is 5.91 Å². The topological polar surface area (TPSA) is 67.8 Å². The van der Waals surface area contributed by atoms with Crippen molar-refractivity contribution >= 4 is 44.9 Å². The van der Waals surface area contributed by atoms with E-state index in [0.717, 1.165) is 38.6 Å². The van der Waals surface area contributed by atoms with Crippen molar-refractivity contribution < 1.29 is 4.79 Å². The van der Waals surface area contributed by atoms with Crippen LogP contribution < -0.4 is 5.32 Å². The summed E-state index contributed by atoms with van der Waals surface area (Å²) in [5.74, 6) is 0.179. The Kier molecular flexibility index (Phi) is 6.11.